The molecule has 22 heavy (non-hydrogen) atoms. The number of rotatable bonds is 2. The van der Waals surface area contributed by atoms with E-state index in [0.29, 0.717) is 22.7 Å². The zero-order valence-corrected chi connectivity index (χ0v) is 12.8. The molecule has 0 spiro atoms. The van der Waals surface area contributed by atoms with E-state index in [1.54, 1.807) is 24.4 Å². The second-order valence-corrected chi connectivity index (χ2v) is 6.15. The summed E-state index contributed by atoms with van der Waals surface area (Å²) in [7, 11) is 0. The normalized spacial score (nSPS) is 11.6. The first-order valence-corrected chi connectivity index (χ1v) is 7.06. The van der Waals surface area contributed by atoms with Crippen molar-refractivity contribution in [1.82, 2.24) is 9.97 Å². The fourth-order valence-corrected chi connectivity index (χ4v) is 2.03. The van der Waals surface area contributed by atoms with Crippen LogP contribution < -0.4 is 5.32 Å². The number of nitrogens with zero attached hydrogens (tertiary/aromatic N) is 2. The molecule has 0 saturated heterocycles. The molecule has 0 saturated carbocycles. The molecule has 0 radical (unpaired) electrons. The van der Waals surface area contributed by atoms with Gasteiger partial charge in [0, 0.05) is 23.5 Å². The Kier molecular flexibility index (Phi) is 3.41. The van der Waals surface area contributed by atoms with Crippen molar-refractivity contribution in [2.75, 3.05) is 5.32 Å². The molecule has 0 aliphatic heterocycles. The first kappa shape index (κ1) is 14.3. The van der Waals surface area contributed by atoms with Gasteiger partial charge in [0.2, 0.25) is 5.89 Å². The molecule has 0 aliphatic carbocycles. The van der Waals surface area contributed by atoms with E-state index in [2.05, 4.69) is 15.3 Å². The van der Waals surface area contributed by atoms with Crippen LogP contribution in [0.3, 0.4) is 0 Å². The maximum atomic E-state index is 12.1. The van der Waals surface area contributed by atoms with Crippen LogP contribution >= 0.6 is 0 Å². The number of nitrogens with one attached hydrogen (secondary N) is 1. The molecule has 3 rings (SSSR count). The van der Waals surface area contributed by atoms with E-state index < -0.39 is 0 Å². The lowest BCUT2D eigenvalue weighted by molar-refractivity contribution is 0.102. The summed E-state index contributed by atoms with van der Waals surface area (Å²) in [6.07, 6.45) is 3.16. The molecule has 5 heteroatoms. The SMILES string of the molecule is CC(C)(C)c1nc2cc(NC(=O)c3cccnc3)ccc2o1. The number of hydrogen-bond acceptors (Lipinski definition) is 4. The number of carbonyl (C=O) groups excluding carboxylic acids is 1. The number of hydrogen-bond donors (Lipinski definition) is 1. The Morgan fingerprint density at radius 3 is 2.73 bits per heavy atom. The van der Waals surface area contributed by atoms with E-state index >= 15 is 0 Å². The molecular formula is C17H17N3O2. The maximum Gasteiger partial charge on any atom is 0.257 e. The first-order valence-electron chi connectivity index (χ1n) is 7.06. The van der Waals surface area contributed by atoms with Gasteiger partial charge in [-0.1, -0.05) is 20.8 Å². The molecular weight excluding hydrogens is 278 g/mol. The van der Waals surface area contributed by atoms with Crippen molar-refractivity contribution in [3.8, 4) is 0 Å². The molecule has 0 atom stereocenters. The summed E-state index contributed by atoms with van der Waals surface area (Å²) in [4.78, 5) is 20.6. The maximum absolute atomic E-state index is 12.1. The molecule has 1 amide bonds. The molecule has 2 heterocycles. The van der Waals surface area contributed by atoms with Crippen LogP contribution in [-0.2, 0) is 5.41 Å². The highest BCUT2D eigenvalue weighted by molar-refractivity contribution is 6.04. The third kappa shape index (κ3) is 2.83. The van der Waals surface area contributed by atoms with Gasteiger partial charge in [-0.25, -0.2) is 4.98 Å². The second kappa shape index (κ2) is 5.26. The summed E-state index contributed by atoms with van der Waals surface area (Å²) in [5.41, 5.74) is 2.48. The number of aromatic nitrogens is 2. The van der Waals surface area contributed by atoms with Gasteiger partial charge in [-0.05, 0) is 30.3 Å². The number of anilines is 1. The van der Waals surface area contributed by atoms with E-state index in [1.165, 1.54) is 6.20 Å². The Bertz CT molecular complexity index is 817. The fraction of sp³-hybridized carbons (Fsp3) is 0.235. The summed E-state index contributed by atoms with van der Waals surface area (Å²) >= 11 is 0. The van der Waals surface area contributed by atoms with Crippen LogP contribution in [0, 0.1) is 0 Å². The lowest BCUT2D eigenvalue weighted by Crippen LogP contribution is -2.12. The van der Waals surface area contributed by atoms with E-state index in [9.17, 15) is 4.79 Å². The quantitative estimate of drug-likeness (QED) is 0.781. The molecule has 2 aromatic heterocycles. The molecule has 112 valence electrons. The molecule has 0 aliphatic rings. The first-order chi connectivity index (χ1) is 10.4. The van der Waals surface area contributed by atoms with Crippen LogP contribution in [0.4, 0.5) is 5.69 Å². The molecule has 1 N–H and O–H groups in total. The van der Waals surface area contributed by atoms with Crippen molar-refractivity contribution in [3.63, 3.8) is 0 Å². The number of carbonyl (C=O) groups is 1. The van der Waals surface area contributed by atoms with Gasteiger partial charge < -0.3 is 9.73 Å². The Balaban J connectivity index is 1.88. The minimum Gasteiger partial charge on any atom is -0.440 e. The lowest BCUT2D eigenvalue weighted by atomic mass is 9.97. The van der Waals surface area contributed by atoms with Crippen molar-refractivity contribution < 1.29 is 9.21 Å². The molecule has 0 unspecified atom stereocenters. The van der Waals surface area contributed by atoms with Gasteiger partial charge in [0.1, 0.15) is 5.52 Å². The summed E-state index contributed by atoms with van der Waals surface area (Å²) in [6.45, 7) is 6.13. The van der Waals surface area contributed by atoms with Gasteiger partial charge in [-0.15, -0.1) is 0 Å². The Hall–Kier alpha value is -2.69. The zero-order chi connectivity index (χ0) is 15.7. The van der Waals surface area contributed by atoms with Crippen LogP contribution in [0.25, 0.3) is 11.1 Å². The van der Waals surface area contributed by atoms with E-state index in [4.69, 9.17) is 4.42 Å². The van der Waals surface area contributed by atoms with Crippen LogP contribution in [0.15, 0.2) is 47.1 Å². The zero-order valence-electron chi connectivity index (χ0n) is 12.8. The number of oxazole rings is 1. The molecule has 0 bridgehead atoms. The van der Waals surface area contributed by atoms with Crippen molar-refractivity contribution in [2.24, 2.45) is 0 Å². The highest BCUT2D eigenvalue weighted by atomic mass is 16.3. The summed E-state index contributed by atoms with van der Waals surface area (Å²) < 4.78 is 5.74. The highest BCUT2D eigenvalue weighted by Crippen LogP contribution is 2.27. The standard InChI is InChI=1S/C17H17N3O2/c1-17(2,3)16-20-13-9-12(6-7-14(13)22-16)19-15(21)11-5-4-8-18-10-11/h4-10H,1-3H3,(H,19,21). The minimum atomic E-state index is -0.202. The van der Waals surface area contributed by atoms with Gasteiger partial charge in [0.25, 0.3) is 5.91 Å². The van der Waals surface area contributed by atoms with Crippen molar-refractivity contribution >= 4 is 22.7 Å². The van der Waals surface area contributed by atoms with E-state index in [-0.39, 0.29) is 11.3 Å². The predicted octanol–water partition coefficient (Wildman–Crippen LogP) is 3.77. The van der Waals surface area contributed by atoms with Crippen LogP contribution in [0.5, 0.6) is 0 Å². The Labute approximate surface area is 128 Å². The van der Waals surface area contributed by atoms with E-state index in [1.807, 2.05) is 32.9 Å². The fourth-order valence-electron chi connectivity index (χ4n) is 2.03. The highest BCUT2D eigenvalue weighted by Gasteiger charge is 2.21. The molecule has 5 nitrogen and oxygen atoms in total. The largest absolute Gasteiger partial charge is 0.440 e. The summed E-state index contributed by atoms with van der Waals surface area (Å²) in [5.74, 6) is 0.477. The van der Waals surface area contributed by atoms with Gasteiger partial charge in [-0.2, -0.15) is 0 Å². The average Bonchev–Trinajstić information content (AvgIpc) is 2.91. The molecule has 3 aromatic rings. The molecule has 0 fully saturated rings. The minimum absolute atomic E-state index is 0.155. The van der Waals surface area contributed by atoms with Crippen molar-refractivity contribution in [3.05, 3.63) is 54.2 Å². The lowest BCUT2D eigenvalue weighted by Gasteiger charge is -2.11. The number of benzene rings is 1. The number of amides is 1. The number of fused-ring (bicyclic) bond motifs is 1. The van der Waals surface area contributed by atoms with Crippen molar-refractivity contribution in [1.29, 1.82) is 0 Å². The van der Waals surface area contributed by atoms with Crippen LogP contribution in [-0.4, -0.2) is 15.9 Å². The summed E-state index contributed by atoms with van der Waals surface area (Å²) in [5, 5.41) is 2.84. The van der Waals surface area contributed by atoms with Crippen molar-refractivity contribution in [2.45, 2.75) is 26.2 Å². The van der Waals surface area contributed by atoms with Crippen LogP contribution in [0.2, 0.25) is 0 Å². The van der Waals surface area contributed by atoms with Gasteiger partial charge in [0.15, 0.2) is 5.58 Å². The smallest absolute Gasteiger partial charge is 0.257 e. The average molecular weight is 295 g/mol. The van der Waals surface area contributed by atoms with Crippen LogP contribution in [0.1, 0.15) is 37.0 Å². The Morgan fingerprint density at radius 1 is 1.23 bits per heavy atom. The topological polar surface area (TPSA) is 68.0 Å². The monoisotopic (exact) mass is 295 g/mol. The predicted molar refractivity (Wildman–Crippen MR) is 84.9 cm³/mol. The number of pyridine rings is 1. The van der Waals surface area contributed by atoms with Gasteiger partial charge >= 0.3 is 0 Å². The Morgan fingerprint density at radius 2 is 2.05 bits per heavy atom. The third-order valence-electron chi connectivity index (χ3n) is 3.21. The third-order valence-corrected chi connectivity index (χ3v) is 3.21. The summed E-state index contributed by atoms with van der Waals surface area (Å²) in [6, 6.07) is 8.87. The van der Waals surface area contributed by atoms with Gasteiger partial charge in [0.05, 0.1) is 5.56 Å². The van der Waals surface area contributed by atoms with Gasteiger partial charge in [-0.3, -0.25) is 9.78 Å². The molecule has 1 aromatic carbocycles. The second-order valence-electron chi connectivity index (χ2n) is 6.15. The van der Waals surface area contributed by atoms with E-state index in [0.717, 1.165) is 5.52 Å².